The minimum absolute atomic E-state index is 0.247. The van der Waals surface area contributed by atoms with Gasteiger partial charge in [0, 0.05) is 11.1 Å². The van der Waals surface area contributed by atoms with Crippen molar-refractivity contribution in [2.75, 3.05) is 19.6 Å². The lowest BCUT2D eigenvalue weighted by atomic mass is 10.1. The van der Waals surface area contributed by atoms with E-state index >= 15 is 0 Å². The molecule has 4 heteroatoms. The Morgan fingerprint density at radius 1 is 1.11 bits per heavy atom. The number of nitrogens with one attached hydrogen (secondary N) is 1. The maximum atomic E-state index is 11.3. The fraction of sp³-hybridized carbons (Fsp3) is 0.500. The summed E-state index contributed by atoms with van der Waals surface area (Å²) in [5.74, 6) is 4.86. The normalized spacial score (nSPS) is 11.3. The van der Waals surface area contributed by atoms with E-state index in [0.717, 1.165) is 30.7 Å². The fourth-order valence-electron chi connectivity index (χ4n) is 2.24. The Morgan fingerprint density at radius 2 is 1.61 bits per heavy atom. The third-order valence-electron chi connectivity index (χ3n) is 3.88. The molecule has 1 aromatic carbocycles. The molecule has 18 heavy (non-hydrogen) atoms. The first kappa shape index (κ1) is 14.7. The highest BCUT2D eigenvalue weighted by atomic mass is 16.2. The number of carbonyl (C=O) groups is 1. The Hall–Kier alpha value is -1.39. The van der Waals surface area contributed by atoms with Crippen molar-refractivity contribution in [3.8, 4) is 0 Å². The van der Waals surface area contributed by atoms with E-state index in [0.29, 0.717) is 5.56 Å². The van der Waals surface area contributed by atoms with Gasteiger partial charge in [-0.25, -0.2) is 5.84 Å². The second-order valence-electron chi connectivity index (χ2n) is 4.62. The number of rotatable bonds is 6. The standard InChI is InChI=1S/C14H23N3O/c1-4-17(5-2,6-3)11-12-7-9-13(10-8-12)14(18)16-15/h7-10H,4-6,11,15H2,1-3H3/p+1. The largest absolute Gasteiger partial charge is 0.321 e. The van der Waals surface area contributed by atoms with Crippen molar-refractivity contribution in [3.63, 3.8) is 0 Å². The highest BCUT2D eigenvalue weighted by Crippen LogP contribution is 2.14. The van der Waals surface area contributed by atoms with E-state index in [4.69, 9.17) is 5.84 Å². The van der Waals surface area contributed by atoms with Crippen molar-refractivity contribution in [3.05, 3.63) is 35.4 Å². The van der Waals surface area contributed by atoms with E-state index in [1.54, 1.807) is 0 Å². The molecule has 0 atom stereocenters. The molecule has 1 aromatic rings. The van der Waals surface area contributed by atoms with Crippen LogP contribution in [0.5, 0.6) is 0 Å². The molecule has 0 aromatic heterocycles. The Balaban J connectivity index is 2.83. The van der Waals surface area contributed by atoms with Gasteiger partial charge in [-0.1, -0.05) is 12.1 Å². The van der Waals surface area contributed by atoms with Crippen molar-refractivity contribution in [2.24, 2.45) is 5.84 Å². The van der Waals surface area contributed by atoms with Gasteiger partial charge in [-0.15, -0.1) is 0 Å². The van der Waals surface area contributed by atoms with Crippen LogP contribution in [0.2, 0.25) is 0 Å². The van der Waals surface area contributed by atoms with Crippen LogP contribution in [0.1, 0.15) is 36.7 Å². The summed E-state index contributed by atoms with van der Waals surface area (Å²) < 4.78 is 1.07. The maximum Gasteiger partial charge on any atom is 0.265 e. The van der Waals surface area contributed by atoms with Gasteiger partial charge in [0.15, 0.2) is 0 Å². The molecule has 0 saturated carbocycles. The molecule has 0 unspecified atom stereocenters. The average molecular weight is 250 g/mol. The highest BCUT2D eigenvalue weighted by molar-refractivity contribution is 5.93. The number of nitrogen functional groups attached to an aromatic ring is 1. The number of nitrogens with zero attached hydrogens (tertiary/aromatic N) is 1. The topological polar surface area (TPSA) is 55.1 Å². The molecule has 100 valence electrons. The lowest BCUT2D eigenvalue weighted by Gasteiger charge is -2.35. The Kier molecular flexibility index (Phi) is 5.31. The second-order valence-corrected chi connectivity index (χ2v) is 4.62. The van der Waals surface area contributed by atoms with Crippen LogP contribution >= 0.6 is 0 Å². The van der Waals surface area contributed by atoms with Gasteiger partial charge in [0.2, 0.25) is 0 Å². The number of carbonyl (C=O) groups excluding carboxylic acids is 1. The van der Waals surface area contributed by atoms with Crippen LogP contribution in [-0.2, 0) is 6.54 Å². The Bertz CT molecular complexity index is 374. The van der Waals surface area contributed by atoms with Crippen LogP contribution in [0.4, 0.5) is 0 Å². The summed E-state index contributed by atoms with van der Waals surface area (Å²) in [5, 5.41) is 0. The van der Waals surface area contributed by atoms with E-state index < -0.39 is 0 Å². The summed E-state index contributed by atoms with van der Waals surface area (Å²) >= 11 is 0. The summed E-state index contributed by atoms with van der Waals surface area (Å²) in [5.41, 5.74) is 4.00. The molecule has 0 aliphatic carbocycles. The average Bonchev–Trinajstić information content (AvgIpc) is 2.45. The number of nitrogens with two attached hydrogens (primary N) is 1. The third-order valence-corrected chi connectivity index (χ3v) is 3.88. The van der Waals surface area contributed by atoms with E-state index in [1.165, 1.54) is 5.56 Å². The third kappa shape index (κ3) is 3.31. The molecule has 0 saturated heterocycles. The van der Waals surface area contributed by atoms with Crippen molar-refractivity contribution in [1.82, 2.24) is 5.43 Å². The summed E-state index contributed by atoms with van der Waals surface area (Å²) in [6.07, 6.45) is 0. The van der Waals surface area contributed by atoms with Crippen LogP contribution in [0, 0.1) is 0 Å². The summed E-state index contributed by atoms with van der Waals surface area (Å²) in [7, 11) is 0. The highest BCUT2D eigenvalue weighted by Gasteiger charge is 2.21. The molecular formula is C14H24N3O+. The van der Waals surface area contributed by atoms with Gasteiger partial charge in [-0.3, -0.25) is 10.2 Å². The van der Waals surface area contributed by atoms with Crippen LogP contribution < -0.4 is 11.3 Å². The monoisotopic (exact) mass is 250 g/mol. The number of hydrogen-bond donors (Lipinski definition) is 2. The quantitative estimate of drug-likeness (QED) is 0.349. The zero-order chi connectivity index (χ0) is 13.6. The maximum absolute atomic E-state index is 11.3. The van der Waals surface area contributed by atoms with Gasteiger partial charge in [-0.2, -0.15) is 0 Å². The van der Waals surface area contributed by atoms with Gasteiger partial charge < -0.3 is 4.48 Å². The van der Waals surface area contributed by atoms with E-state index in [2.05, 4.69) is 26.2 Å². The predicted octanol–water partition coefficient (Wildman–Crippen LogP) is 1.67. The molecule has 0 spiro atoms. The summed E-state index contributed by atoms with van der Waals surface area (Å²) in [6, 6.07) is 7.68. The summed E-state index contributed by atoms with van der Waals surface area (Å²) in [6.45, 7) is 11.1. The van der Waals surface area contributed by atoms with Gasteiger partial charge in [-0.05, 0) is 32.9 Å². The van der Waals surface area contributed by atoms with E-state index in [-0.39, 0.29) is 5.91 Å². The zero-order valence-electron chi connectivity index (χ0n) is 11.6. The van der Waals surface area contributed by atoms with Gasteiger partial charge in [0.25, 0.3) is 5.91 Å². The van der Waals surface area contributed by atoms with Gasteiger partial charge >= 0.3 is 0 Å². The smallest absolute Gasteiger partial charge is 0.265 e. The molecule has 0 heterocycles. The SMILES string of the molecule is CC[N+](CC)(CC)Cc1ccc(C(=O)NN)cc1. The molecular weight excluding hydrogens is 226 g/mol. The Labute approximate surface area is 109 Å². The molecule has 0 fully saturated rings. The molecule has 1 amide bonds. The fourth-order valence-corrected chi connectivity index (χ4v) is 2.24. The molecule has 0 bridgehead atoms. The van der Waals surface area contributed by atoms with Crippen molar-refractivity contribution < 1.29 is 9.28 Å². The molecule has 0 radical (unpaired) electrons. The predicted molar refractivity (Wildman–Crippen MR) is 73.7 cm³/mol. The van der Waals surface area contributed by atoms with Crippen molar-refractivity contribution >= 4 is 5.91 Å². The number of quaternary nitrogens is 1. The van der Waals surface area contributed by atoms with Crippen LogP contribution in [0.15, 0.2) is 24.3 Å². The minimum atomic E-state index is -0.247. The first-order valence-corrected chi connectivity index (χ1v) is 6.55. The zero-order valence-corrected chi connectivity index (χ0v) is 11.6. The molecule has 3 N–H and O–H groups in total. The van der Waals surface area contributed by atoms with Crippen LogP contribution in [-0.4, -0.2) is 30.0 Å². The summed E-state index contributed by atoms with van der Waals surface area (Å²) in [4.78, 5) is 11.3. The first-order chi connectivity index (χ1) is 8.60. The number of hydrazine groups is 1. The number of amides is 1. The number of benzene rings is 1. The minimum Gasteiger partial charge on any atom is -0.321 e. The lowest BCUT2D eigenvalue weighted by molar-refractivity contribution is -0.936. The molecule has 0 aliphatic rings. The molecule has 1 rings (SSSR count). The molecule has 4 nitrogen and oxygen atoms in total. The second kappa shape index (κ2) is 6.52. The van der Waals surface area contributed by atoms with Gasteiger partial charge in [0.1, 0.15) is 6.54 Å². The van der Waals surface area contributed by atoms with Crippen molar-refractivity contribution in [1.29, 1.82) is 0 Å². The first-order valence-electron chi connectivity index (χ1n) is 6.55. The molecule has 0 aliphatic heterocycles. The Morgan fingerprint density at radius 3 is 2.00 bits per heavy atom. The van der Waals surface area contributed by atoms with E-state index in [1.807, 2.05) is 24.3 Å². The van der Waals surface area contributed by atoms with Crippen LogP contribution in [0.3, 0.4) is 0 Å². The van der Waals surface area contributed by atoms with Crippen molar-refractivity contribution in [2.45, 2.75) is 27.3 Å². The van der Waals surface area contributed by atoms with Crippen LogP contribution in [0.25, 0.3) is 0 Å². The lowest BCUT2D eigenvalue weighted by Crippen LogP contribution is -2.46. The van der Waals surface area contributed by atoms with Gasteiger partial charge in [0.05, 0.1) is 19.6 Å². The number of hydrogen-bond acceptors (Lipinski definition) is 2. The van der Waals surface area contributed by atoms with E-state index in [9.17, 15) is 4.79 Å².